The lowest BCUT2D eigenvalue weighted by Gasteiger charge is -2.09. The van der Waals surface area contributed by atoms with Crippen molar-refractivity contribution in [2.75, 3.05) is 14.2 Å². The standard InChI is InChI=1S/C21H18ClN3O4S/c1-13-7-9-14(10-8-13)12-23-29-20(26)19-15(22)5-4-6-16(19)30-21-24-17(27-2)11-18(25-21)28-3/h4-12H,1-3H3/b23-12+. The molecule has 2 aromatic carbocycles. The smallest absolute Gasteiger partial charge is 0.368 e. The molecule has 0 aliphatic heterocycles. The molecule has 0 saturated carbocycles. The first-order valence-corrected chi connectivity index (χ1v) is 9.94. The fourth-order valence-electron chi connectivity index (χ4n) is 2.36. The van der Waals surface area contributed by atoms with E-state index in [2.05, 4.69) is 15.1 Å². The molecule has 154 valence electrons. The predicted octanol–water partition coefficient (Wildman–Crippen LogP) is 4.80. The minimum absolute atomic E-state index is 0.163. The summed E-state index contributed by atoms with van der Waals surface area (Å²) in [6.45, 7) is 1.99. The number of ether oxygens (including phenoxy) is 2. The highest BCUT2D eigenvalue weighted by Crippen LogP contribution is 2.34. The van der Waals surface area contributed by atoms with Gasteiger partial charge in [0.15, 0.2) is 5.16 Å². The number of aromatic nitrogens is 2. The van der Waals surface area contributed by atoms with Crippen molar-refractivity contribution in [3.8, 4) is 11.8 Å². The zero-order valence-electron chi connectivity index (χ0n) is 16.5. The number of rotatable bonds is 7. The van der Waals surface area contributed by atoms with E-state index < -0.39 is 5.97 Å². The Hall–Kier alpha value is -3.10. The molecule has 0 bridgehead atoms. The summed E-state index contributed by atoms with van der Waals surface area (Å²) in [4.78, 5) is 26.7. The van der Waals surface area contributed by atoms with Gasteiger partial charge in [-0.15, -0.1) is 0 Å². The van der Waals surface area contributed by atoms with Crippen LogP contribution in [0, 0.1) is 6.92 Å². The second-order valence-corrected chi connectivity index (χ2v) is 7.39. The van der Waals surface area contributed by atoms with Crippen LogP contribution < -0.4 is 9.47 Å². The van der Waals surface area contributed by atoms with Crippen LogP contribution in [0.1, 0.15) is 21.5 Å². The minimum atomic E-state index is -0.693. The molecule has 0 saturated heterocycles. The van der Waals surface area contributed by atoms with Crippen LogP contribution in [0.2, 0.25) is 5.02 Å². The van der Waals surface area contributed by atoms with Crippen molar-refractivity contribution in [3.05, 3.63) is 70.2 Å². The SMILES string of the molecule is COc1cc(OC)nc(Sc2cccc(Cl)c2C(=O)O/N=C/c2ccc(C)cc2)n1. The average Bonchev–Trinajstić information content (AvgIpc) is 2.74. The first-order chi connectivity index (χ1) is 14.5. The van der Waals surface area contributed by atoms with Crippen molar-refractivity contribution in [2.45, 2.75) is 17.0 Å². The second kappa shape index (κ2) is 10.1. The van der Waals surface area contributed by atoms with Gasteiger partial charge in [-0.05, 0) is 36.4 Å². The number of benzene rings is 2. The lowest BCUT2D eigenvalue weighted by molar-refractivity contribution is 0.0515. The summed E-state index contributed by atoms with van der Waals surface area (Å²) in [5.74, 6) is -0.0299. The van der Waals surface area contributed by atoms with Crippen LogP contribution in [0.15, 0.2) is 63.7 Å². The fraction of sp³-hybridized carbons (Fsp3) is 0.143. The van der Waals surface area contributed by atoms with E-state index in [4.69, 9.17) is 25.9 Å². The van der Waals surface area contributed by atoms with Crippen LogP contribution in [0.3, 0.4) is 0 Å². The monoisotopic (exact) mass is 443 g/mol. The summed E-state index contributed by atoms with van der Waals surface area (Å²) in [6, 6.07) is 14.2. The second-order valence-electron chi connectivity index (χ2n) is 5.97. The number of hydrogen-bond donors (Lipinski definition) is 0. The quantitative estimate of drug-likeness (QED) is 0.224. The summed E-state index contributed by atoms with van der Waals surface area (Å²) in [7, 11) is 2.98. The van der Waals surface area contributed by atoms with Gasteiger partial charge >= 0.3 is 5.97 Å². The normalized spacial score (nSPS) is 10.8. The number of carbonyl (C=O) groups is 1. The Morgan fingerprint density at radius 2 is 1.73 bits per heavy atom. The van der Waals surface area contributed by atoms with Crippen molar-refractivity contribution in [1.29, 1.82) is 0 Å². The van der Waals surface area contributed by atoms with Gasteiger partial charge in [0.2, 0.25) is 11.8 Å². The molecule has 0 radical (unpaired) electrons. The molecule has 3 aromatic rings. The Labute approximate surface area is 183 Å². The lowest BCUT2D eigenvalue weighted by Crippen LogP contribution is -2.05. The maximum absolute atomic E-state index is 12.6. The van der Waals surface area contributed by atoms with Crippen LogP contribution in [0.25, 0.3) is 0 Å². The highest BCUT2D eigenvalue weighted by atomic mass is 35.5. The summed E-state index contributed by atoms with van der Waals surface area (Å²) < 4.78 is 10.3. The van der Waals surface area contributed by atoms with E-state index in [1.54, 1.807) is 24.3 Å². The predicted molar refractivity (Wildman–Crippen MR) is 115 cm³/mol. The molecule has 0 amide bonds. The molecule has 0 atom stereocenters. The van der Waals surface area contributed by atoms with Crippen LogP contribution >= 0.6 is 23.4 Å². The van der Waals surface area contributed by atoms with Gasteiger partial charge in [0.1, 0.15) is 0 Å². The molecule has 0 aliphatic rings. The number of oxime groups is 1. The molecule has 3 rings (SSSR count). The van der Waals surface area contributed by atoms with Crippen molar-refractivity contribution in [2.24, 2.45) is 5.16 Å². The summed E-state index contributed by atoms with van der Waals surface area (Å²) >= 11 is 7.39. The lowest BCUT2D eigenvalue weighted by atomic mass is 10.2. The Balaban J connectivity index is 1.82. The molecule has 0 N–H and O–H groups in total. The van der Waals surface area contributed by atoms with E-state index in [0.717, 1.165) is 22.9 Å². The Bertz CT molecular complexity index is 1050. The molecular formula is C21H18ClN3O4S. The van der Waals surface area contributed by atoms with E-state index in [1.165, 1.54) is 20.4 Å². The molecule has 30 heavy (non-hydrogen) atoms. The number of hydrogen-bond acceptors (Lipinski definition) is 8. The zero-order valence-corrected chi connectivity index (χ0v) is 18.0. The molecule has 0 spiro atoms. The zero-order chi connectivity index (χ0) is 21.5. The van der Waals surface area contributed by atoms with E-state index in [-0.39, 0.29) is 10.6 Å². The first-order valence-electron chi connectivity index (χ1n) is 8.75. The largest absolute Gasteiger partial charge is 0.481 e. The van der Waals surface area contributed by atoms with Crippen molar-refractivity contribution >= 4 is 35.5 Å². The number of methoxy groups -OCH3 is 2. The van der Waals surface area contributed by atoms with Crippen LogP contribution in [0.5, 0.6) is 11.8 Å². The molecule has 0 fully saturated rings. The van der Waals surface area contributed by atoms with Gasteiger partial charge < -0.3 is 14.3 Å². The summed E-state index contributed by atoms with van der Waals surface area (Å²) in [5.41, 5.74) is 2.09. The van der Waals surface area contributed by atoms with E-state index in [9.17, 15) is 4.79 Å². The van der Waals surface area contributed by atoms with E-state index >= 15 is 0 Å². The molecule has 0 unspecified atom stereocenters. The fourth-order valence-corrected chi connectivity index (χ4v) is 3.58. The minimum Gasteiger partial charge on any atom is -0.481 e. The highest BCUT2D eigenvalue weighted by molar-refractivity contribution is 7.99. The van der Waals surface area contributed by atoms with E-state index in [0.29, 0.717) is 21.8 Å². The highest BCUT2D eigenvalue weighted by Gasteiger charge is 2.20. The third-order valence-electron chi connectivity index (χ3n) is 3.87. The molecule has 7 nitrogen and oxygen atoms in total. The van der Waals surface area contributed by atoms with Gasteiger partial charge in [0.05, 0.1) is 37.1 Å². The third kappa shape index (κ3) is 5.49. The van der Waals surface area contributed by atoms with Crippen molar-refractivity contribution in [1.82, 2.24) is 9.97 Å². The van der Waals surface area contributed by atoms with Gasteiger partial charge in [-0.1, -0.05) is 52.7 Å². The topological polar surface area (TPSA) is 82.9 Å². The summed E-state index contributed by atoms with van der Waals surface area (Å²) in [5, 5.41) is 4.33. The van der Waals surface area contributed by atoms with Gasteiger partial charge in [0, 0.05) is 4.90 Å². The average molecular weight is 444 g/mol. The number of aryl methyl sites for hydroxylation is 1. The Kier molecular flexibility index (Phi) is 7.26. The van der Waals surface area contributed by atoms with Crippen LogP contribution in [-0.2, 0) is 4.84 Å². The van der Waals surface area contributed by atoms with E-state index in [1.807, 2.05) is 31.2 Å². The molecule has 0 aliphatic carbocycles. The van der Waals surface area contributed by atoms with Crippen molar-refractivity contribution < 1.29 is 19.1 Å². The number of halogens is 1. The summed E-state index contributed by atoms with van der Waals surface area (Å²) in [6.07, 6.45) is 1.46. The molecule has 1 aromatic heterocycles. The molecule has 9 heteroatoms. The first kappa shape index (κ1) is 21.6. The maximum Gasteiger partial charge on any atom is 0.368 e. The van der Waals surface area contributed by atoms with Crippen LogP contribution in [0.4, 0.5) is 0 Å². The number of nitrogens with zero attached hydrogens (tertiary/aromatic N) is 3. The van der Waals surface area contributed by atoms with Gasteiger partial charge in [-0.3, -0.25) is 0 Å². The van der Waals surface area contributed by atoms with Gasteiger partial charge in [-0.2, -0.15) is 9.97 Å². The maximum atomic E-state index is 12.6. The molecule has 1 heterocycles. The van der Waals surface area contributed by atoms with Crippen LogP contribution in [-0.4, -0.2) is 36.4 Å². The third-order valence-corrected chi connectivity index (χ3v) is 5.11. The van der Waals surface area contributed by atoms with Gasteiger partial charge in [0.25, 0.3) is 0 Å². The number of carbonyl (C=O) groups excluding carboxylic acids is 1. The Morgan fingerprint density at radius 1 is 1.07 bits per heavy atom. The Morgan fingerprint density at radius 3 is 2.37 bits per heavy atom. The molecular weight excluding hydrogens is 426 g/mol. The van der Waals surface area contributed by atoms with Crippen molar-refractivity contribution in [3.63, 3.8) is 0 Å². The van der Waals surface area contributed by atoms with Gasteiger partial charge in [-0.25, -0.2) is 4.79 Å².